The Morgan fingerprint density at radius 3 is 2.12 bits per heavy atom. The third-order valence-electron chi connectivity index (χ3n) is 8.03. The molecule has 0 saturated carbocycles. The van der Waals surface area contributed by atoms with Gasteiger partial charge in [-0.3, -0.25) is 0 Å². The van der Waals surface area contributed by atoms with Crippen LogP contribution in [0.4, 0.5) is 0 Å². The molecule has 3 nitrogen and oxygen atoms in total. The monoisotopic (exact) mass is 439 g/mol. The summed E-state index contributed by atoms with van der Waals surface area (Å²) in [6.45, 7) is 4.47. The number of hydrogen-bond acceptors (Lipinski definition) is 2. The molecule has 5 aromatic carbocycles. The van der Waals surface area contributed by atoms with Crippen LogP contribution in [0.5, 0.6) is 11.5 Å². The Kier molecular flexibility index (Phi) is 3.01. The Bertz CT molecular complexity index is 2010. The quantitative estimate of drug-likeness (QED) is 0.254. The van der Waals surface area contributed by atoms with Crippen molar-refractivity contribution in [3.05, 3.63) is 90.0 Å². The fourth-order valence-corrected chi connectivity index (χ4v) is 6.43. The fourth-order valence-electron chi connectivity index (χ4n) is 6.43. The Morgan fingerprint density at radius 2 is 1.26 bits per heavy atom. The Labute approximate surface area is 195 Å². The molecule has 0 aliphatic heterocycles. The molecule has 162 valence electrons. The van der Waals surface area contributed by atoms with E-state index in [0.717, 1.165) is 16.4 Å². The van der Waals surface area contributed by atoms with Crippen LogP contribution in [0.1, 0.15) is 25.0 Å². The molecule has 1 aliphatic carbocycles. The van der Waals surface area contributed by atoms with Gasteiger partial charge >= 0.3 is 0 Å². The predicted octanol–water partition coefficient (Wildman–Crippen LogP) is 7.71. The van der Waals surface area contributed by atoms with Gasteiger partial charge in [0.1, 0.15) is 11.5 Å². The van der Waals surface area contributed by atoms with Crippen LogP contribution in [0.25, 0.3) is 60.0 Å². The number of nitrogens with zero attached hydrogens (tertiary/aromatic N) is 1. The molecule has 2 aromatic heterocycles. The van der Waals surface area contributed by atoms with Crippen LogP contribution < -0.4 is 0 Å². The molecule has 0 bridgehead atoms. The van der Waals surface area contributed by atoms with Gasteiger partial charge in [-0.25, -0.2) is 0 Å². The van der Waals surface area contributed by atoms with E-state index in [2.05, 4.69) is 60.7 Å². The van der Waals surface area contributed by atoms with E-state index in [0.29, 0.717) is 5.75 Å². The van der Waals surface area contributed by atoms with Crippen molar-refractivity contribution in [3.8, 4) is 22.6 Å². The first kappa shape index (κ1) is 18.2. The molecule has 0 saturated heterocycles. The SMILES string of the molecule is CC1(C)c2cc(O)ccc2-c2cc3cc4c(cc3cc21)c1cccc2c3ccc(O)cc3n4c21. The summed E-state index contributed by atoms with van der Waals surface area (Å²) in [6, 6.07) is 27.1. The molecule has 7 aromatic rings. The molecule has 3 heteroatoms. The molecular weight excluding hydrogens is 418 g/mol. The van der Waals surface area contributed by atoms with Crippen LogP contribution in [0, 0.1) is 0 Å². The predicted molar refractivity (Wildman–Crippen MR) is 140 cm³/mol. The van der Waals surface area contributed by atoms with E-state index < -0.39 is 0 Å². The van der Waals surface area contributed by atoms with Gasteiger partial charge in [0.25, 0.3) is 0 Å². The van der Waals surface area contributed by atoms with Gasteiger partial charge in [0.05, 0.1) is 16.6 Å². The number of aromatic nitrogens is 1. The van der Waals surface area contributed by atoms with Crippen molar-refractivity contribution in [2.75, 3.05) is 0 Å². The maximum atomic E-state index is 10.2. The second kappa shape index (κ2) is 5.63. The molecule has 0 atom stereocenters. The van der Waals surface area contributed by atoms with Crippen LogP contribution in [0.2, 0.25) is 0 Å². The van der Waals surface area contributed by atoms with Crippen molar-refractivity contribution in [1.82, 2.24) is 4.40 Å². The van der Waals surface area contributed by atoms with E-state index in [1.807, 2.05) is 24.3 Å². The number of para-hydroxylation sites is 1. The number of aromatic hydroxyl groups is 2. The van der Waals surface area contributed by atoms with Gasteiger partial charge < -0.3 is 14.6 Å². The first-order valence-electron chi connectivity index (χ1n) is 11.6. The van der Waals surface area contributed by atoms with Gasteiger partial charge in [-0.05, 0) is 81.6 Å². The third kappa shape index (κ3) is 2.00. The molecule has 0 unspecified atom stereocenters. The first-order chi connectivity index (χ1) is 16.4. The lowest BCUT2D eigenvalue weighted by Crippen LogP contribution is -2.14. The van der Waals surface area contributed by atoms with E-state index in [4.69, 9.17) is 0 Å². The van der Waals surface area contributed by atoms with Crippen molar-refractivity contribution < 1.29 is 10.2 Å². The largest absolute Gasteiger partial charge is 0.508 e. The minimum atomic E-state index is -0.171. The van der Waals surface area contributed by atoms with Crippen LogP contribution in [-0.4, -0.2) is 14.6 Å². The summed E-state index contributed by atoms with van der Waals surface area (Å²) in [5.74, 6) is 0.591. The summed E-state index contributed by atoms with van der Waals surface area (Å²) in [7, 11) is 0. The zero-order valence-electron chi connectivity index (χ0n) is 18.8. The lowest BCUT2D eigenvalue weighted by molar-refractivity contribution is 0.473. The number of phenols is 2. The van der Waals surface area contributed by atoms with E-state index in [1.54, 1.807) is 12.1 Å². The Hall–Kier alpha value is -4.24. The first-order valence-corrected chi connectivity index (χ1v) is 11.6. The highest BCUT2D eigenvalue weighted by Gasteiger charge is 2.36. The number of fused-ring (bicyclic) bond motifs is 10. The molecule has 2 N–H and O–H groups in total. The molecule has 0 amide bonds. The minimum Gasteiger partial charge on any atom is -0.508 e. The summed E-state index contributed by atoms with van der Waals surface area (Å²) < 4.78 is 2.30. The van der Waals surface area contributed by atoms with Gasteiger partial charge in [0, 0.05) is 33.0 Å². The van der Waals surface area contributed by atoms with Crippen LogP contribution >= 0.6 is 0 Å². The van der Waals surface area contributed by atoms with Crippen molar-refractivity contribution in [2.45, 2.75) is 19.3 Å². The number of rotatable bonds is 0. The van der Waals surface area contributed by atoms with Crippen molar-refractivity contribution in [3.63, 3.8) is 0 Å². The van der Waals surface area contributed by atoms with E-state index in [1.165, 1.54) is 54.7 Å². The average Bonchev–Trinajstić information content (AvgIpc) is 3.39. The van der Waals surface area contributed by atoms with Gasteiger partial charge in [0.2, 0.25) is 0 Å². The average molecular weight is 440 g/mol. The van der Waals surface area contributed by atoms with Gasteiger partial charge in [-0.15, -0.1) is 0 Å². The third-order valence-corrected chi connectivity index (χ3v) is 8.03. The summed E-state index contributed by atoms with van der Waals surface area (Å²) in [4.78, 5) is 0. The normalized spacial score (nSPS) is 14.6. The number of phenolic OH excluding ortho intramolecular Hbond substituents is 2. The Balaban J connectivity index is 1.54. The molecule has 1 aliphatic rings. The lowest BCUT2D eigenvalue weighted by Gasteiger charge is -2.21. The van der Waals surface area contributed by atoms with E-state index in [9.17, 15) is 10.2 Å². The molecule has 0 fully saturated rings. The van der Waals surface area contributed by atoms with Crippen molar-refractivity contribution in [2.24, 2.45) is 0 Å². The summed E-state index contributed by atoms with van der Waals surface area (Å²) in [5, 5.41) is 27.6. The second-order valence-electron chi connectivity index (χ2n) is 10.2. The highest BCUT2D eigenvalue weighted by molar-refractivity contribution is 6.24. The fraction of sp³-hybridized carbons (Fsp3) is 0.0968. The number of benzene rings is 5. The maximum Gasteiger partial charge on any atom is 0.117 e. The number of hydrogen-bond donors (Lipinski definition) is 2. The van der Waals surface area contributed by atoms with Gasteiger partial charge in [-0.1, -0.05) is 38.1 Å². The molecular formula is C31H21NO2. The summed E-state index contributed by atoms with van der Waals surface area (Å²) in [6.07, 6.45) is 0. The molecule has 34 heavy (non-hydrogen) atoms. The smallest absolute Gasteiger partial charge is 0.117 e. The van der Waals surface area contributed by atoms with Crippen LogP contribution in [0.15, 0.2) is 78.9 Å². The highest BCUT2D eigenvalue weighted by atomic mass is 16.3. The van der Waals surface area contributed by atoms with E-state index >= 15 is 0 Å². The second-order valence-corrected chi connectivity index (χ2v) is 10.2. The Morgan fingerprint density at radius 1 is 0.588 bits per heavy atom. The molecule has 0 spiro atoms. The topological polar surface area (TPSA) is 44.9 Å². The van der Waals surface area contributed by atoms with Crippen molar-refractivity contribution in [1.29, 1.82) is 0 Å². The summed E-state index contributed by atoms with van der Waals surface area (Å²) >= 11 is 0. The minimum absolute atomic E-state index is 0.171. The van der Waals surface area contributed by atoms with Gasteiger partial charge in [0.15, 0.2) is 0 Å². The zero-order chi connectivity index (χ0) is 22.9. The molecule has 2 heterocycles. The van der Waals surface area contributed by atoms with Crippen molar-refractivity contribution >= 4 is 48.9 Å². The van der Waals surface area contributed by atoms with E-state index in [-0.39, 0.29) is 11.2 Å². The lowest BCUT2D eigenvalue weighted by atomic mass is 9.82. The summed E-state index contributed by atoms with van der Waals surface area (Å²) in [5.41, 5.74) is 8.13. The molecule has 8 rings (SSSR count). The van der Waals surface area contributed by atoms with Crippen LogP contribution in [-0.2, 0) is 5.41 Å². The van der Waals surface area contributed by atoms with Gasteiger partial charge in [-0.2, -0.15) is 0 Å². The van der Waals surface area contributed by atoms with Crippen LogP contribution in [0.3, 0.4) is 0 Å². The standard InChI is InChI=1S/C31H21NO2/c1-31(2)26-12-16-11-25-23-5-3-4-22-21-9-7-19(34)15-29(21)32(30(22)23)28(25)13-17(16)10-24(26)20-8-6-18(33)14-27(20)31/h3-15,33-34H,1-2H3. The zero-order valence-corrected chi connectivity index (χ0v) is 18.8. The molecule has 0 radical (unpaired) electrons. The maximum absolute atomic E-state index is 10.2. The highest BCUT2D eigenvalue weighted by Crippen LogP contribution is 2.51.